The van der Waals surface area contributed by atoms with E-state index < -0.39 is 0 Å². The number of likely N-dealkylation sites (tertiary alicyclic amines) is 1. The lowest BCUT2D eigenvalue weighted by molar-refractivity contribution is -0.144. The molecule has 1 saturated carbocycles. The predicted molar refractivity (Wildman–Crippen MR) is 52.4 cm³/mol. The van der Waals surface area contributed by atoms with Crippen LogP contribution in [-0.4, -0.2) is 22.9 Å². The summed E-state index contributed by atoms with van der Waals surface area (Å²) in [5, 5.41) is 0. The maximum atomic E-state index is 11.4. The van der Waals surface area contributed by atoms with Crippen molar-refractivity contribution in [2.24, 2.45) is 5.92 Å². The molecule has 1 unspecified atom stereocenters. The quantitative estimate of drug-likeness (QED) is 0.561. The molecule has 2 fully saturated rings. The molecule has 13 heavy (non-hydrogen) atoms. The average molecular weight is 181 g/mol. The van der Waals surface area contributed by atoms with Crippen LogP contribution in [0.4, 0.5) is 0 Å². The number of nitrogens with zero attached hydrogens (tertiary/aromatic N) is 1. The van der Waals surface area contributed by atoms with Crippen LogP contribution in [0.5, 0.6) is 0 Å². The Labute approximate surface area is 80.3 Å². The molecule has 0 N–H and O–H groups in total. The van der Waals surface area contributed by atoms with Crippen molar-refractivity contribution in [3.8, 4) is 0 Å². The lowest BCUT2D eigenvalue weighted by Crippen LogP contribution is -2.59. The highest BCUT2D eigenvalue weighted by molar-refractivity contribution is 5.74. The Hall–Kier alpha value is -0.530. The maximum absolute atomic E-state index is 11.4. The van der Waals surface area contributed by atoms with Crippen LogP contribution in [0.1, 0.15) is 46.0 Å². The Bertz CT molecular complexity index is 220. The highest BCUT2D eigenvalue weighted by Crippen LogP contribution is 2.45. The molecule has 2 nitrogen and oxygen atoms in total. The summed E-state index contributed by atoms with van der Waals surface area (Å²) in [6, 6.07) is 0. The molecule has 2 aliphatic rings. The fourth-order valence-electron chi connectivity index (χ4n) is 3.00. The summed E-state index contributed by atoms with van der Waals surface area (Å²) in [5.41, 5.74) is 0.295. The van der Waals surface area contributed by atoms with Crippen molar-refractivity contribution < 1.29 is 4.79 Å². The van der Waals surface area contributed by atoms with E-state index in [1.54, 1.807) is 6.92 Å². The van der Waals surface area contributed by atoms with Crippen LogP contribution in [-0.2, 0) is 4.79 Å². The minimum atomic E-state index is 0.284. The third kappa shape index (κ3) is 1.36. The van der Waals surface area contributed by atoms with Gasteiger partial charge in [-0.3, -0.25) is 4.79 Å². The molecular weight excluding hydrogens is 162 g/mol. The van der Waals surface area contributed by atoms with Crippen molar-refractivity contribution in [3.63, 3.8) is 0 Å². The second kappa shape index (κ2) is 3.00. The van der Waals surface area contributed by atoms with E-state index in [1.807, 2.05) is 0 Å². The van der Waals surface area contributed by atoms with Crippen LogP contribution in [0, 0.1) is 5.92 Å². The van der Waals surface area contributed by atoms with Gasteiger partial charge in [0.1, 0.15) is 0 Å². The number of hydrogen-bond donors (Lipinski definition) is 0. The van der Waals surface area contributed by atoms with E-state index >= 15 is 0 Å². The molecule has 0 aromatic carbocycles. The summed E-state index contributed by atoms with van der Waals surface area (Å²) < 4.78 is 0. The summed E-state index contributed by atoms with van der Waals surface area (Å²) in [6.07, 6.45) is 6.25. The first kappa shape index (κ1) is 9.04. The fourth-order valence-corrected chi connectivity index (χ4v) is 3.00. The van der Waals surface area contributed by atoms with E-state index in [9.17, 15) is 4.79 Å². The van der Waals surface area contributed by atoms with Gasteiger partial charge in [0.05, 0.1) is 0 Å². The first-order valence-electron chi connectivity index (χ1n) is 5.42. The lowest BCUT2D eigenvalue weighted by Gasteiger charge is -2.54. The third-order valence-electron chi connectivity index (χ3n) is 3.81. The van der Waals surface area contributed by atoms with Gasteiger partial charge in [-0.1, -0.05) is 6.92 Å². The Kier molecular flexibility index (Phi) is 2.09. The molecule has 0 bridgehead atoms. The van der Waals surface area contributed by atoms with Gasteiger partial charge in [0, 0.05) is 19.0 Å². The summed E-state index contributed by atoms with van der Waals surface area (Å²) in [6.45, 7) is 5.03. The zero-order valence-corrected chi connectivity index (χ0v) is 8.68. The van der Waals surface area contributed by atoms with E-state index in [4.69, 9.17) is 0 Å². The number of rotatable bonds is 0. The monoisotopic (exact) mass is 181 g/mol. The fraction of sp³-hybridized carbons (Fsp3) is 0.909. The van der Waals surface area contributed by atoms with Crippen molar-refractivity contribution in [1.82, 2.24) is 4.90 Å². The summed E-state index contributed by atoms with van der Waals surface area (Å²) in [5.74, 6) is 1.10. The molecule has 2 rings (SSSR count). The van der Waals surface area contributed by atoms with Gasteiger partial charge in [-0.15, -0.1) is 0 Å². The van der Waals surface area contributed by atoms with Crippen LogP contribution in [0.15, 0.2) is 0 Å². The largest absolute Gasteiger partial charge is 0.337 e. The van der Waals surface area contributed by atoms with Crippen molar-refractivity contribution in [2.75, 3.05) is 6.54 Å². The van der Waals surface area contributed by atoms with Crippen molar-refractivity contribution >= 4 is 5.91 Å². The van der Waals surface area contributed by atoms with Crippen LogP contribution in [0.25, 0.3) is 0 Å². The number of carbonyl (C=O) groups is 1. The van der Waals surface area contributed by atoms with Crippen molar-refractivity contribution in [1.29, 1.82) is 0 Å². The molecule has 1 heterocycles. The molecule has 1 saturated heterocycles. The van der Waals surface area contributed by atoms with E-state index in [2.05, 4.69) is 11.8 Å². The zero-order valence-electron chi connectivity index (χ0n) is 8.68. The predicted octanol–water partition coefficient (Wildman–Crippen LogP) is 2.19. The molecule has 0 aromatic heterocycles. The normalized spacial score (nSPS) is 31.5. The molecule has 0 aromatic rings. The standard InChI is InChI=1S/C11H19NO/c1-9-4-7-12(10(2)13)11(8-9)5-3-6-11/h9H,3-8H2,1-2H3. The molecule has 1 spiro atoms. The average Bonchev–Trinajstić information content (AvgIpc) is 2.00. The van der Waals surface area contributed by atoms with Crippen LogP contribution >= 0.6 is 0 Å². The van der Waals surface area contributed by atoms with Gasteiger partial charge in [0.25, 0.3) is 0 Å². The minimum absolute atomic E-state index is 0.284. The molecule has 2 heteroatoms. The maximum Gasteiger partial charge on any atom is 0.219 e. The van der Waals surface area contributed by atoms with Gasteiger partial charge in [-0.2, -0.15) is 0 Å². The number of carbonyl (C=O) groups excluding carboxylic acids is 1. The Morgan fingerprint density at radius 1 is 1.46 bits per heavy atom. The van der Waals surface area contributed by atoms with E-state index in [0.717, 1.165) is 12.5 Å². The molecule has 1 atom stereocenters. The second-order valence-electron chi connectivity index (χ2n) is 4.85. The molecule has 0 radical (unpaired) electrons. The van der Waals surface area contributed by atoms with Crippen molar-refractivity contribution in [3.05, 3.63) is 0 Å². The summed E-state index contributed by atoms with van der Waals surface area (Å²) in [7, 11) is 0. The summed E-state index contributed by atoms with van der Waals surface area (Å²) in [4.78, 5) is 13.6. The minimum Gasteiger partial charge on any atom is -0.337 e. The first-order valence-corrected chi connectivity index (χ1v) is 5.42. The van der Waals surface area contributed by atoms with Gasteiger partial charge >= 0.3 is 0 Å². The zero-order chi connectivity index (χ0) is 9.47. The van der Waals surface area contributed by atoms with E-state index in [1.165, 1.54) is 32.1 Å². The van der Waals surface area contributed by atoms with Gasteiger partial charge in [0.2, 0.25) is 5.91 Å². The van der Waals surface area contributed by atoms with Gasteiger partial charge < -0.3 is 4.90 Å². The lowest BCUT2D eigenvalue weighted by atomic mass is 9.67. The Morgan fingerprint density at radius 2 is 2.15 bits per heavy atom. The van der Waals surface area contributed by atoms with E-state index in [-0.39, 0.29) is 5.91 Å². The second-order valence-corrected chi connectivity index (χ2v) is 4.85. The Morgan fingerprint density at radius 3 is 2.62 bits per heavy atom. The van der Waals surface area contributed by atoms with Gasteiger partial charge in [-0.25, -0.2) is 0 Å². The van der Waals surface area contributed by atoms with E-state index in [0.29, 0.717) is 5.54 Å². The first-order chi connectivity index (χ1) is 6.14. The molecule has 1 aliphatic heterocycles. The highest BCUT2D eigenvalue weighted by atomic mass is 16.2. The van der Waals surface area contributed by atoms with Crippen LogP contribution < -0.4 is 0 Å². The smallest absolute Gasteiger partial charge is 0.219 e. The number of hydrogen-bond acceptors (Lipinski definition) is 1. The molecular formula is C11H19NO. The molecule has 74 valence electrons. The topological polar surface area (TPSA) is 20.3 Å². The molecule has 1 aliphatic carbocycles. The Balaban J connectivity index is 2.13. The van der Waals surface area contributed by atoms with Gasteiger partial charge in [-0.05, 0) is 38.0 Å². The number of piperidine rings is 1. The molecule has 1 amide bonds. The van der Waals surface area contributed by atoms with Crippen LogP contribution in [0.3, 0.4) is 0 Å². The highest BCUT2D eigenvalue weighted by Gasteiger charge is 2.46. The van der Waals surface area contributed by atoms with Crippen molar-refractivity contribution in [2.45, 2.75) is 51.5 Å². The number of amides is 1. The summed E-state index contributed by atoms with van der Waals surface area (Å²) >= 11 is 0. The SMILES string of the molecule is CC(=O)N1CCC(C)CC12CCC2. The van der Waals surface area contributed by atoms with Gasteiger partial charge in [0.15, 0.2) is 0 Å². The van der Waals surface area contributed by atoms with Crippen LogP contribution in [0.2, 0.25) is 0 Å². The third-order valence-corrected chi connectivity index (χ3v) is 3.81.